The highest BCUT2D eigenvalue weighted by atomic mass is 35.5. The van der Waals surface area contributed by atoms with E-state index in [1.165, 1.54) is 6.08 Å². The fourth-order valence-electron chi connectivity index (χ4n) is 1.85. The zero-order valence-electron chi connectivity index (χ0n) is 12.7. The molecule has 2 aromatic rings. The normalized spacial score (nSPS) is 10.6. The number of halogens is 2. The summed E-state index contributed by atoms with van der Waals surface area (Å²) in [7, 11) is 0. The minimum absolute atomic E-state index is 0.272. The number of nitrogens with one attached hydrogen (secondary N) is 1. The average Bonchev–Trinajstić information content (AvgIpc) is 2.57. The molecular formula is C18H15Cl2NO3. The van der Waals surface area contributed by atoms with Crippen LogP contribution in [-0.2, 0) is 20.9 Å². The van der Waals surface area contributed by atoms with Gasteiger partial charge >= 0.3 is 5.97 Å². The van der Waals surface area contributed by atoms with Gasteiger partial charge in [0, 0.05) is 22.7 Å². The Bertz CT molecular complexity index is 759. The molecule has 0 saturated heterocycles. The lowest BCUT2D eigenvalue weighted by Crippen LogP contribution is -2.28. The molecule has 2 aromatic carbocycles. The van der Waals surface area contributed by atoms with Crippen molar-refractivity contribution in [2.24, 2.45) is 0 Å². The predicted molar refractivity (Wildman–Crippen MR) is 94.7 cm³/mol. The summed E-state index contributed by atoms with van der Waals surface area (Å²) in [6, 6.07) is 14.2. The van der Waals surface area contributed by atoms with E-state index < -0.39 is 11.9 Å². The van der Waals surface area contributed by atoms with Gasteiger partial charge in [0.25, 0.3) is 5.91 Å². The van der Waals surface area contributed by atoms with Crippen molar-refractivity contribution >= 4 is 41.2 Å². The number of ether oxygens (including phenoxy) is 1. The molecule has 0 atom stereocenters. The van der Waals surface area contributed by atoms with Crippen LogP contribution in [0.25, 0.3) is 6.08 Å². The van der Waals surface area contributed by atoms with Crippen LogP contribution in [-0.4, -0.2) is 18.5 Å². The summed E-state index contributed by atoms with van der Waals surface area (Å²) in [6.07, 6.45) is 2.81. The molecule has 0 radical (unpaired) electrons. The van der Waals surface area contributed by atoms with Gasteiger partial charge in [-0.1, -0.05) is 53.5 Å². The van der Waals surface area contributed by atoms with Crippen molar-refractivity contribution in [1.29, 1.82) is 0 Å². The van der Waals surface area contributed by atoms with Gasteiger partial charge in [-0.3, -0.25) is 4.79 Å². The Hall–Kier alpha value is -2.30. The maximum absolute atomic E-state index is 11.7. The molecule has 4 nitrogen and oxygen atoms in total. The molecule has 1 amide bonds. The summed E-state index contributed by atoms with van der Waals surface area (Å²) in [4.78, 5) is 23.3. The fraction of sp³-hybridized carbons (Fsp3) is 0.111. The number of carbonyl (C=O) groups is 2. The number of hydrogen-bond acceptors (Lipinski definition) is 3. The zero-order valence-corrected chi connectivity index (χ0v) is 14.2. The molecule has 0 aliphatic heterocycles. The van der Waals surface area contributed by atoms with Gasteiger partial charge in [-0.05, 0) is 35.4 Å². The summed E-state index contributed by atoms with van der Waals surface area (Å²) in [5.41, 5.74) is 1.56. The molecule has 0 unspecified atom stereocenters. The van der Waals surface area contributed by atoms with Gasteiger partial charge in [-0.2, -0.15) is 0 Å². The molecule has 0 aliphatic carbocycles. The number of carbonyl (C=O) groups excluding carboxylic acids is 2. The second kappa shape index (κ2) is 9.11. The van der Waals surface area contributed by atoms with Gasteiger partial charge in [0.15, 0.2) is 6.61 Å². The minimum Gasteiger partial charge on any atom is -0.452 e. The first kappa shape index (κ1) is 18.0. The first-order valence-electron chi connectivity index (χ1n) is 7.15. The van der Waals surface area contributed by atoms with E-state index in [0.29, 0.717) is 10.0 Å². The van der Waals surface area contributed by atoms with Crippen molar-refractivity contribution in [3.8, 4) is 0 Å². The number of amides is 1. The topological polar surface area (TPSA) is 55.4 Å². The number of benzene rings is 2. The Kier molecular flexibility index (Phi) is 6.85. The highest BCUT2D eigenvalue weighted by molar-refractivity contribution is 6.31. The smallest absolute Gasteiger partial charge is 0.331 e. The highest BCUT2D eigenvalue weighted by Gasteiger charge is 2.06. The van der Waals surface area contributed by atoms with E-state index >= 15 is 0 Å². The van der Waals surface area contributed by atoms with Crippen molar-refractivity contribution in [1.82, 2.24) is 5.32 Å². The molecular weight excluding hydrogens is 349 g/mol. The van der Waals surface area contributed by atoms with Crippen LogP contribution in [0.5, 0.6) is 0 Å². The van der Waals surface area contributed by atoms with E-state index in [1.54, 1.807) is 36.4 Å². The van der Waals surface area contributed by atoms with E-state index in [-0.39, 0.29) is 13.2 Å². The van der Waals surface area contributed by atoms with Crippen molar-refractivity contribution in [2.75, 3.05) is 6.61 Å². The van der Waals surface area contributed by atoms with Crippen LogP contribution in [0.1, 0.15) is 11.1 Å². The van der Waals surface area contributed by atoms with Crippen LogP contribution in [0.4, 0.5) is 0 Å². The molecule has 124 valence electrons. The second-order valence-corrected chi connectivity index (χ2v) is 5.71. The number of esters is 1. The summed E-state index contributed by atoms with van der Waals surface area (Å²) >= 11 is 11.8. The Morgan fingerprint density at radius 1 is 1.08 bits per heavy atom. The van der Waals surface area contributed by atoms with E-state index in [0.717, 1.165) is 11.1 Å². The van der Waals surface area contributed by atoms with Crippen LogP contribution in [0.15, 0.2) is 54.6 Å². The van der Waals surface area contributed by atoms with Crippen LogP contribution >= 0.6 is 23.2 Å². The third-order valence-electron chi connectivity index (χ3n) is 3.04. The summed E-state index contributed by atoms with van der Waals surface area (Å²) < 4.78 is 4.87. The molecule has 0 heterocycles. The summed E-state index contributed by atoms with van der Waals surface area (Å²) in [6.45, 7) is -0.0857. The molecule has 0 aliphatic rings. The van der Waals surface area contributed by atoms with Crippen molar-refractivity contribution in [3.63, 3.8) is 0 Å². The van der Waals surface area contributed by atoms with Crippen LogP contribution in [0.2, 0.25) is 10.0 Å². The van der Waals surface area contributed by atoms with Crippen molar-refractivity contribution in [2.45, 2.75) is 6.54 Å². The second-order valence-electron chi connectivity index (χ2n) is 4.86. The third-order valence-corrected chi connectivity index (χ3v) is 3.64. The zero-order chi connectivity index (χ0) is 17.4. The summed E-state index contributed by atoms with van der Waals surface area (Å²) in [5.74, 6) is -1.01. The lowest BCUT2D eigenvalue weighted by Gasteiger charge is -2.06. The Morgan fingerprint density at radius 2 is 1.88 bits per heavy atom. The Morgan fingerprint density at radius 3 is 2.62 bits per heavy atom. The van der Waals surface area contributed by atoms with Gasteiger partial charge in [0.1, 0.15) is 0 Å². The lowest BCUT2D eigenvalue weighted by molar-refractivity contribution is -0.143. The van der Waals surface area contributed by atoms with Crippen LogP contribution in [0, 0.1) is 0 Å². The molecule has 24 heavy (non-hydrogen) atoms. The van der Waals surface area contributed by atoms with Gasteiger partial charge < -0.3 is 10.1 Å². The molecule has 1 N–H and O–H groups in total. The number of hydrogen-bond donors (Lipinski definition) is 1. The lowest BCUT2D eigenvalue weighted by atomic mass is 10.2. The molecule has 0 bridgehead atoms. The molecule has 0 spiro atoms. The monoisotopic (exact) mass is 363 g/mol. The molecule has 2 rings (SSSR count). The summed E-state index contributed by atoms with van der Waals surface area (Å²) in [5, 5.41) is 3.78. The third kappa shape index (κ3) is 6.07. The van der Waals surface area contributed by atoms with E-state index in [2.05, 4.69) is 5.32 Å². The van der Waals surface area contributed by atoms with E-state index in [9.17, 15) is 9.59 Å². The largest absolute Gasteiger partial charge is 0.452 e. The van der Waals surface area contributed by atoms with Gasteiger partial charge in [-0.25, -0.2) is 4.79 Å². The maximum atomic E-state index is 11.7. The molecule has 0 saturated carbocycles. The van der Waals surface area contributed by atoms with Gasteiger partial charge in [0.05, 0.1) is 0 Å². The SMILES string of the molecule is O=C(COC(=O)/C=C/c1cccc(Cl)c1)NCc1ccccc1Cl. The minimum atomic E-state index is -0.608. The van der Waals surface area contributed by atoms with Gasteiger partial charge in [0.2, 0.25) is 0 Å². The van der Waals surface area contributed by atoms with E-state index in [1.807, 2.05) is 18.2 Å². The highest BCUT2D eigenvalue weighted by Crippen LogP contribution is 2.14. The Balaban J connectivity index is 1.75. The van der Waals surface area contributed by atoms with Gasteiger partial charge in [-0.15, -0.1) is 0 Å². The quantitative estimate of drug-likeness (QED) is 0.626. The van der Waals surface area contributed by atoms with Crippen molar-refractivity contribution < 1.29 is 14.3 Å². The Labute approximate surface area is 150 Å². The standard InChI is InChI=1S/C18H15Cl2NO3/c19-15-6-3-4-13(10-15)8-9-18(23)24-12-17(22)21-11-14-5-1-2-7-16(14)20/h1-10H,11-12H2,(H,21,22)/b9-8+. The van der Waals surface area contributed by atoms with Crippen molar-refractivity contribution in [3.05, 3.63) is 75.8 Å². The molecule has 0 fully saturated rings. The first-order chi connectivity index (χ1) is 11.5. The van der Waals surface area contributed by atoms with E-state index in [4.69, 9.17) is 27.9 Å². The number of rotatable bonds is 6. The first-order valence-corrected chi connectivity index (χ1v) is 7.91. The molecule has 0 aromatic heterocycles. The average molecular weight is 364 g/mol. The van der Waals surface area contributed by atoms with Crippen LogP contribution < -0.4 is 5.32 Å². The molecule has 6 heteroatoms. The maximum Gasteiger partial charge on any atom is 0.331 e. The fourth-order valence-corrected chi connectivity index (χ4v) is 2.25. The van der Waals surface area contributed by atoms with Crippen LogP contribution in [0.3, 0.4) is 0 Å². The predicted octanol–water partition coefficient (Wildman–Crippen LogP) is 3.87.